The molecule has 1 aromatic heterocycles. The van der Waals surface area contributed by atoms with Gasteiger partial charge >= 0.3 is 0 Å². The van der Waals surface area contributed by atoms with Crippen LogP contribution in [0, 0.1) is 5.92 Å². The number of hydrogen-bond acceptors (Lipinski definition) is 4. The first-order valence-corrected chi connectivity index (χ1v) is 10.2. The summed E-state index contributed by atoms with van der Waals surface area (Å²) < 4.78 is 5.45. The van der Waals surface area contributed by atoms with Crippen LogP contribution in [0.1, 0.15) is 56.6 Å². The van der Waals surface area contributed by atoms with E-state index in [4.69, 9.17) is 4.74 Å². The number of piperidine rings is 1. The summed E-state index contributed by atoms with van der Waals surface area (Å²) in [5.74, 6) is 0.628. The van der Waals surface area contributed by atoms with Gasteiger partial charge in [0.25, 0.3) is 5.91 Å². The van der Waals surface area contributed by atoms with Gasteiger partial charge in [0.1, 0.15) is 0 Å². The van der Waals surface area contributed by atoms with Crippen LogP contribution in [0.3, 0.4) is 0 Å². The van der Waals surface area contributed by atoms with Gasteiger partial charge in [0.05, 0.1) is 6.04 Å². The molecule has 0 N–H and O–H groups in total. The van der Waals surface area contributed by atoms with Gasteiger partial charge in [0, 0.05) is 44.6 Å². The first-order chi connectivity index (χ1) is 13.2. The van der Waals surface area contributed by atoms with E-state index < -0.39 is 6.10 Å². The highest BCUT2D eigenvalue weighted by atomic mass is 16.5. The van der Waals surface area contributed by atoms with Crippen molar-refractivity contribution in [3.8, 4) is 0 Å². The van der Waals surface area contributed by atoms with E-state index in [1.165, 1.54) is 19.3 Å². The monoisotopic (exact) mass is 371 g/mol. The highest BCUT2D eigenvalue weighted by Gasteiger charge is 2.51. The van der Waals surface area contributed by atoms with Gasteiger partial charge in [0.2, 0.25) is 5.91 Å². The smallest absolute Gasteiger partial charge is 0.255 e. The van der Waals surface area contributed by atoms with Gasteiger partial charge in [-0.3, -0.25) is 14.6 Å². The molecular weight excluding hydrogens is 342 g/mol. The average Bonchev–Trinajstić information content (AvgIpc) is 2.73. The second kappa shape index (κ2) is 7.97. The molecule has 0 aromatic carbocycles. The van der Waals surface area contributed by atoms with Gasteiger partial charge in [-0.15, -0.1) is 0 Å². The lowest BCUT2D eigenvalue weighted by atomic mass is 9.85. The van der Waals surface area contributed by atoms with Crippen molar-refractivity contribution in [2.75, 3.05) is 20.2 Å². The molecule has 3 fully saturated rings. The molecule has 6 heteroatoms. The molecule has 2 amide bonds. The van der Waals surface area contributed by atoms with E-state index in [1.807, 2.05) is 21.9 Å². The van der Waals surface area contributed by atoms with Crippen molar-refractivity contribution in [2.45, 2.75) is 63.1 Å². The number of β-lactam (4-membered cyclic amide) rings is 1. The quantitative estimate of drug-likeness (QED) is 0.763. The lowest BCUT2D eigenvalue weighted by molar-refractivity contribution is -0.179. The first kappa shape index (κ1) is 18.4. The maximum Gasteiger partial charge on any atom is 0.255 e. The number of hydrogen-bond donors (Lipinski definition) is 0. The number of pyridine rings is 1. The normalized spacial score (nSPS) is 27.5. The van der Waals surface area contributed by atoms with Crippen LogP contribution >= 0.6 is 0 Å². The molecule has 3 heterocycles. The minimum absolute atomic E-state index is 0.0453. The third kappa shape index (κ3) is 3.47. The Balaban J connectivity index is 1.39. The molecule has 6 nitrogen and oxygen atoms in total. The number of amides is 2. The van der Waals surface area contributed by atoms with Crippen LogP contribution in [-0.2, 0) is 14.3 Å². The topological polar surface area (TPSA) is 62.7 Å². The molecule has 1 aromatic rings. The molecule has 0 radical (unpaired) electrons. The fourth-order valence-electron chi connectivity index (χ4n) is 4.99. The number of rotatable bonds is 4. The Hall–Kier alpha value is -1.95. The van der Waals surface area contributed by atoms with E-state index >= 15 is 0 Å². The molecule has 3 aliphatic rings. The lowest BCUT2D eigenvalue weighted by Crippen LogP contribution is -2.64. The van der Waals surface area contributed by atoms with Gasteiger partial charge in [-0.2, -0.15) is 0 Å². The molecule has 2 saturated heterocycles. The summed E-state index contributed by atoms with van der Waals surface area (Å²) in [7, 11) is 1.60. The van der Waals surface area contributed by atoms with E-state index in [0.29, 0.717) is 5.91 Å². The van der Waals surface area contributed by atoms with Crippen molar-refractivity contribution in [1.29, 1.82) is 0 Å². The predicted molar refractivity (Wildman–Crippen MR) is 101 cm³/mol. The van der Waals surface area contributed by atoms with Gasteiger partial charge < -0.3 is 14.5 Å². The van der Waals surface area contributed by atoms with E-state index in [2.05, 4.69) is 4.98 Å². The van der Waals surface area contributed by atoms with Gasteiger partial charge in [0.15, 0.2) is 6.10 Å². The Bertz CT molecular complexity index is 667. The molecular formula is C21H29N3O3. The van der Waals surface area contributed by atoms with E-state index in [0.717, 1.165) is 44.3 Å². The third-order valence-corrected chi connectivity index (χ3v) is 6.51. The minimum Gasteiger partial charge on any atom is -0.369 e. The fraction of sp³-hybridized carbons (Fsp3) is 0.667. The zero-order chi connectivity index (χ0) is 18.8. The van der Waals surface area contributed by atoms with Gasteiger partial charge in [-0.05, 0) is 43.4 Å². The summed E-state index contributed by atoms with van der Waals surface area (Å²) in [5, 5.41) is 0. The standard InChI is InChI=1S/C21H29N3O3/c1-27-19-18(15-7-11-22-12-8-15)24(21(19)26)17-9-13-23(14-10-17)20(25)16-5-3-2-4-6-16/h7-8,11-12,16-19H,2-6,9-10,13-14H2,1H3/t18-,19+/m0/s1. The molecule has 2 aliphatic heterocycles. The predicted octanol–water partition coefficient (Wildman–Crippen LogP) is 2.55. The molecule has 2 atom stereocenters. The summed E-state index contributed by atoms with van der Waals surface area (Å²) in [5.41, 5.74) is 1.07. The lowest BCUT2D eigenvalue weighted by Gasteiger charge is -2.52. The van der Waals surface area contributed by atoms with Crippen molar-refractivity contribution in [1.82, 2.24) is 14.8 Å². The number of ether oxygens (including phenoxy) is 1. The van der Waals surface area contributed by atoms with Gasteiger partial charge in [-0.1, -0.05) is 19.3 Å². The van der Waals surface area contributed by atoms with Crippen LogP contribution in [0.5, 0.6) is 0 Å². The molecule has 1 saturated carbocycles. The summed E-state index contributed by atoms with van der Waals surface area (Å²) in [4.78, 5) is 33.5. The van der Waals surface area contributed by atoms with E-state index in [9.17, 15) is 9.59 Å². The Kier molecular flexibility index (Phi) is 5.43. The van der Waals surface area contributed by atoms with Crippen molar-refractivity contribution < 1.29 is 14.3 Å². The Morgan fingerprint density at radius 2 is 1.74 bits per heavy atom. The Morgan fingerprint density at radius 1 is 1.07 bits per heavy atom. The van der Waals surface area contributed by atoms with Crippen molar-refractivity contribution in [3.63, 3.8) is 0 Å². The highest BCUT2D eigenvalue weighted by molar-refractivity contribution is 5.89. The number of nitrogens with zero attached hydrogens (tertiary/aromatic N) is 3. The largest absolute Gasteiger partial charge is 0.369 e. The molecule has 4 rings (SSSR count). The Morgan fingerprint density at radius 3 is 2.37 bits per heavy atom. The number of methoxy groups -OCH3 is 1. The molecule has 0 bridgehead atoms. The second-order valence-corrected chi connectivity index (χ2v) is 8.02. The summed E-state index contributed by atoms with van der Waals surface area (Å²) in [6, 6.07) is 4.05. The SMILES string of the molecule is CO[C@H]1C(=O)N(C2CCN(C(=O)C3CCCCC3)CC2)[C@H]1c1ccncc1. The zero-order valence-corrected chi connectivity index (χ0v) is 16.0. The second-order valence-electron chi connectivity index (χ2n) is 8.02. The van der Waals surface area contributed by atoms with Crippen molar-refractivity contribution in [2.24, 2.45) is 5.92 Å². The average molecular weight is 371 g/mol. The fourth-order valence-corrected chi connectivity index (χ4v) is 4.99. The third-order valence-electron chi connectivity index (χ3n) is 6.51. The van der Waals surface area contributed by atoms with Crippen LogP contribution in [0.4, 0.5) is 0 Å². The van der Waals surface area contributed by atoms with Crippen molar-refractivity contribution in [3.05, 3.63) is 30.1 Å². The number of carbonyl (C=O) groups is 2. The van der Waals surface area contributed by atoms with Crippen LogP contribution in [0.15, 0.2) is 24.5 Å². The Labute approximate surface area is 160 Å². The van der Waals surface area contributed by atoms with Crippen LogP contribution < -0.4 is 0 Å². The summed E-state index contributed by atoms with van der Waals surface area (Å²) in [6.07, 6.45) is 10.5. The molecule has 27 heavy (non-hydrogen) atoms. The molecule has 0 spiro atoms. The van der Waals surface area contributed by atoms with E-state index in [1.54, 1.807) is 19.5 Å². The van der Waals surface area contributed by atoms with Crippen LogP contribution in [0.25, 0.3) is 0 Å². The van der Waals surface area contributed by atoms with Gasteiger partial charge in [-0.25, -0.2) is 0 Å². The number of carbonyl (C=O) groups excluding carboxylic acids is 2. The van der Waals surface area contributed by atoms with Crippen LogP contribution in [-0.4, -0.2) is 58.9 Å². The summed E-state index contributed by atoms with van der Waals surface area (Å²) in [6.45, 7) is 1.51. The summed E-state index contributed by atoms with van der Waals surface area (Å²) >= 11 is 0. The minimum atomic E-state index is -0.408. The number of likely N-dealkylation sites (tertiary alicyclic amines) is 2. The maximum atomic E-state index is 12.8. The highest BCUT2D eigenvalue weighted by Crippen LogP contribution is 2.40. The van der Waals surface area contributed by atoms with Crippen LogP contribution in [0.2, 0.25) is 0 Å². The zero-order valence-electron chi connectivity index (χ0n) is 16.0. The molecule has 1 aliphatic carbocycles. The first-order valence-electron chi connectivity index (χ1n) is 10.2. The van der Waals surface area contributed by atoms with Crippen molar-refractivity contribution >= 4 is 11.8 Å². The molecule has 146 valence electrons. The van der Waals surface area contributed by atoms with E-state index in [-0.39, 0.29) is 23.9 Å². The molecule has 0 unspecified atom stereocenters. The maximum absolute atomic E-state index is 12.8. The number of aromatic nitrogens is 1.